The van der Waals surface area contributed by atoms with E-state index in [-0.39, 0.29) is 5.75 Å². The summed E-state index contributed by atoms with van der Waals surface area (Å²) < 4.78 is 32.1. The van der Waals surface area contributed by atoms with E-state index in [9.17, 15) is 8.42 Å². The molecule has 0 unspecified atom stereocenters. The van der Waals surface area contributed by atoms with Crippen LogP contribution >= 0.6 is 12.2 Å². The van der Waals surface area contributed by atoms with Crippen LogP contribution in [0.25, 0.3) is 0 Å². The second kappa shape index (κ2) is 7.31. The Morgan fingerprint density at radius 3 is 2.48 bits per heavy atom. The molecule has 116 valence electrons. The van der Waals surface area contributed by atoms with E-state index in [0.29, 0.717) is 30.7 Å². The second-order valence-electron chi connectivity index (χ2n) is 5.22. The predicted octanol–water partition coefficient (Wildman–Crippen LogP) is 1.17. The quantitative estimate of drug-likeness (QED) is 0.766. The Labute approximate surface area is 130 Å². The minimum Gasteiger partial charge on any atom is -0.389 e. The van der Waals surface area contributed by atoms with Crippen molar-refractivity contribution in [3.8, 4) is 0 Å². The van der Waals surface area contributed by atoms with Gasteiger partial charge in [-0.05, 0) is 24.3 Å². The first-order chi connectivity index (χ1) is 9.96. The normalized spacial score (nSPS) is 16.8. The van der Waals surface area contributed by atoms with Crippen LogP contribution in [0.2, 0.25) is 0 Å². The van der Waals surface area contributed by atoms with E-state index >= 15 is 0 Å². The summed E-state index contributed by atoms with van der Waals surface area (Å²) in [4.78, 5) is 0.307. The molecule has 1 fully saturated rings. The minimum atomic E-state index is -3.32. The van der Waals surface area contributed by atoms with Crippen LogP contribution in [0.3, 0.4) is 0 Å². The van der Waals surface area contributed by atoms with Crippen LogP contribution in [0.5, 0.6) is 0 Å². The number of rotatable bonds is 6. The first-order valence-corrected chi connectivity index (χ1v) is 8.96. The lowest BCUT2D eigenvalue weighted by Crippen LogP contribution is -2.32. The zero-order valence-electron chi connectivity index (χ0n) is 11.7. The van der Waals surface area contributed by atoms with Gasteiger partial charge in [0.25, 0.3) is 0 Å². The molecule has 1 saturated heterocycles. The Morgan fingerprint density at radius 1 is 1.29 bits per heavy atom. The molecule has 1 aromatic rings. The van der Waals surface area contributed by atoms with Gasteiger partial charge < -0.3 is 10.5 Å². The predicted molar refractivity (Wildman–Crippen MR) is 86.5 cm³/mol. The van der Waals surface area contributed by atoms with Crippen molar-refractivity contribution in [3.05, 3.63) is 35.4 Å². The molecular formula is C14H20N2O3S2. The van der Waals surface area contributed by atoms with Crippen molar-refractivity contribution in [1.29, 1.82) is 0 Å². The molecule has 21 heavy (non-hydrogen) atoms. The zero-order valence-corrected chi connectivity index (χ0v) is 13.4. The topological polar surface area (TPSA) is 81.4 Å². The van der Waals surface area contributed by atoms with Crippen molar-refractivity contribution >= 4 is 27.2 Å². The van der Waals surface area contributed by atoms with Crippen molar-refractivity contribution in [2.24, 2.45) is 11.7 Å². The first-order valence-electron chi connectivity index (χ1n) is 6.90. The van der Waals surface area contributed by atoms with E-state index in [0.717, 1.165) is 24.0 Å². The fourth-order valence-electron chi connectivity index (χ4n) is 2.23. The number of benzene rings is 1. The summed E-state index contributed by atoms with van der Waals surface area (Å²) in [6.45, 7) is 1.91. The van der Waals surface area contributed by atoms with Gasteiger partial charge in [-0.15, -0.1) is 0 Å². The lowest BCUT2D eigenvalue weighted by molar-refractivity contribution is 0.0678. The van der Waals surface area contributed by atoms with Crippen LogP contribution < -0.4 is 10.5 Å². The second-order valence-corrected chi connectivity index (χ2v) is 7.47. The number of ether oxygens (including phenoxy) is 1. The Kier molecular flexibility index (Phi) is 5.69. The number of thiocarbonyl (C=S) groups is 1. The molecule has 0 atom stereocenters. The molecule has 1 aliphatic heterocycles. The van der Waals surface area contributed by atoms with Gasteiger partial charge in [0.05, 0.1) is 5.75 Å². The molecule has 0 spiro atoms. The van der Waals surface area contributed by atoms with Crippen LogP contribution in [-0.2, 0) is 20.5 Å². The number of nitrogens with two attached hydrogens (primary N) is 1. The fraction of sp³-hybridized carbons (Fsp3) is 0.500. The highest BCUT2D eigenvalue weighted by molar-refractivity contribution is 7.88. The summed E-state index contributed by atoms with van der Waals surface area (Å²) in [5.74, 6) is 0.332. The van der Waals surface area contributed by atoms with E-state index in [2.05, 4.69) is 4.72 Å². The average Bonchev–Trinajstić information content (AvgIpc) is 2.46. The van der Waals surface area contributed by atoms with E-state index in [1.54, 1.807) is 24.3 Å². The summed E-state index contributed by atoms with van der Waals surface area (Å²) in [6, 6.07) is 6.96. The Morgan fingerprint density at radius 2 is 1.90 bits per heavy atom. The lowest BCUT2D eigenvalue weighted by atomic mass is 10.0. The fourth-order valence-corrected chi connectivity index (χ4v) is 3.59. The van der Waals surface area contributed by atoms with Crippen LogP contribution in [0.4, 0.5) is 0 Å². The van der Waals surface area contributed by atoms with Gasteiger partial charge in [0.1, 0.15) is 4.99 Å². The highest BCUT2D eigenvalue weighted by Gasteiger charge is 2.17. The molecule has 0 bridgehead atoms. The van der Waals surface area contributed by atoms with E-state index in [4.69, 9.17) is 22.7 Å². The Balaban J connectivity index is 1.89. The number of hydrogen-bond acceptors (Lipinski definition) is 4. The third-order valence-electron chi connectivity index (χ3n) is 3.53. The van der Waals surface area contributed by atoms with Crippen molar-refractivity contribution in [2.45, 2.75) is 18.6 Å². The van der Waals surface area contributed by atoms with Gasteiger partial charge in [0.2, 0.25) is 10.0 Å². The van der Waals surface area contributed by atoms with Gasteiger partial charge in [-0.1, -0.05) is 36.5 Å². The molecule has 5 nitrogen and oxygen atoms in total. The third-order valence-corrected chi connectivity index (χ3v) is 5.08. The molecular weight excluding hydrogens is 308 g/mol. The Bertz CT molecular complexity index is 579. The van der Waals surface area contributed by atoms with E-state index < -0.39 is 10.0 Å². The third kappa shape index (κ3) is 5.35. The smallest absolute Gasteiger partial charge is 0.215 e. The van der Waals surface area contributed by atoms with Gasteiger partial charge in [0, 0.05) is 25.3 Å². The van der Waals surface area contributed by atoms with Crippen molar-refractivity contribution < 1.29 is 13.2 Å². The van der Waals surface area contributed by atoms with Crippen LogP contribution in [-0.4, -0.2) is 33.2 Å². The molecule has 3 N–H and O–H groups in total. The number of sulfonamides is 1. The molecule has 0 radical (unpaired) electrons. The van der Waals surface area contributed by atoms with Crippen LogP contribution in [0.1, 0.15) is 24.0 Å². The maximum atomic E-state index is 12.1. The molecule has 0 aliphatic carbocycles. The van der Waals surface area contributed by atoms with Gasteiger partial charge in [-0.25, -0.2) is 13.1 Å². The summed E-state index contributed by atoms with van der Waals surface area (Å²) in [6.07, 6.45) is 1.82. The Hall–Kier alpha value is -1.02. The molecule has 0 saturated carbocycles. The number of nitrogens with one attached hydrogen (secondary N) is 1. The molecule has 1 aromatic carbocycles. The minimum absolute atomic E-state index is 0.0339. The van der Waals surface area contributed by atoms with Gasteiger partial charge in [-0.3, -0.25) is 0 Å². The lowest BCUT2D eigenvalue weighted by Gasteiger charge is -2.22. The molecule has 0 amide bonds. The molecule has 0 aromatic heterocycles. The van der Waals surface area contributed by atoms with Gasteiger partial charge >= 0.3 is 0 Å². The standard InChI is InChI=1S/C14H20N2O3S2/c15-14(20)13-3-1-12(2-4-13)10-21(17,18)16-9-11-5-7-19-8-6-11/h1-4,11,16H,5-10H2,(H2,15,20). The molecule has 2 rings (SSSR count). The molecule has 1 heterocycles. The first kappa shape index (κ1) is 16.4. The number of hydrogen-bond donors (Lipinski definition) is 2. The summed E-state index contributed by atoms with van der Waals surface area (Å²) >= 11 is 4.87. The highest BCUT2D eigenvalue weighted by Crippen LogP contribution is 2.14. The largest absolute Gasteiger partial charge is 0.389 e. The monoisotopic (exact) mass is 328 g/mol. The van der Waals surface area contributed by atoms with E-state index in [1.807, 2.05) is 0 Å². The maximum absolute atomic E-state index is 12.1. The van der Waals surface area contributed by atoms with Crippen LogP contribution in [0, 0.1) is 5.92 Å². The molecule has 1 aliphatic rings. The average molecular weight is 328 g/mol. The van der Waals surface area contributed by atoms with Crippen molar-refractivity contribution in [3.63, 3.8) is 0 Å². The highest BCUT2D eigenvalue weighted by atomic mass is 32.2. The zero-order chi connectivity index (χ0) is 15.3. The van der Waals surface area contributed by atoms with Gasteiger partial charge in [-0.2, -0.15) is 0 Å². The molecule has 7 heteroatoms. The van der Waals surface area contributed by atoms with Crippen LogP contribution in [0.15, 0.2) is 24.3 Å². The SMILES string of the molecule is NC(=S)c1ccc(CS(=O)(=O)NCC2CCOCC2)cc1. The summed E-state index contributed by atoms with van der Waals surface area (Å²) in [5, 5.41) is 0. The van der Waals surface area contributed by atoms with E-state index in [1.165, 1.54) is 0 Å². The van der Waals surface area contributed by atoms with Gasteiger partial charge in [0.15, 0.2) is 0 Å². The van der Waals surface area contributed by atoms with Crippen molar-refractivity contribution in [1.82, 2.24) is 4.72 Å². The summed E-state index contributed by atoms with van der Waals surface area (Å²) in [7, 11) is -3.32. The maximum Gasteiger partial charge on any atom is 0.215 e. The van der Waals surface area contributed by atoms with Crippen molar-refractivity contribution in [2.75, 3.05) is 19.8 Å². The summed E-state index contributed by atoms with van der Waals surface area (Å²) in [5.41, 5.74) is 6.97.